The van der Waals surface area contributed by atoms with E-state index in [2.05, 4.69) is 9.97 Å². The molecule has 3 aromatic heterocycles. The van der Waals surface area contributed by atoms with Crippen molar-refractivity contribution < 1.29 is 13.2 Å². The van der Waals surface area contributed by atoms with Crippen LogP contribution in [0.5, 0.6) is 0 Å². The summed E-state index contributed by atoms with van der Waals surface area (Å²) in [6.45, 7) is 0. The molecule has 0 bridgehead atoms. The Balaban J connectivity index is 2.32. The van der Waals surface area contributed by atoms with Crippen molar-refractivity contribution in [2.24, 2.45) is 0 Å². The predicted octanol–water partition coefficient (Wildman–Crippen LogP) is 4.14. The van der Waals surface area contributed by atoms with Crippen molar-refractivity contribution in [3.8, 4) is 11.4 Å². The third kappa shape index (κ3) is 2.37. The zero-order valence-electron chi connectivity index (χ0n) is 10.9. The number of hydrogen-bond acceptors (Lipinski definition) is 3. The lowest BCUT2D eigenvalue weighted by Gasteiger charge is -2.11. The van der Waals surface area contributed by atoms with Crippen LogP contribution in [0.4, 0.5) is 13.2 Å². The fourth-order valence-corrected chi connectivity index (χ4v) is 2.72. The van der Waals surface area contributed by atoms with Gasteiger partial charge in [0.05, 0.1) is 11.1 Å². The normalized spacial score (nSPS) is 12.0. The number of alkyl halides is 3. The van der Waals surface area contributed by atoms with Gasteiger partial charge >= 0.3 is 6.18 Å². The second-order valence-electron chi connectivity index (χ2n) is 4.32. The van der Waals surface area contributed by atoms with Gasteiger partial charge in [-0.15, -0.1) is 11.8 Å². The molecule has 0 N–H and O–H groups in total. The maximum Gasteiger partial charge on any atom is 0.417 e. The molecule has 0 saturated carbocycles. The topological polar surface area (TPSA) is 30.2 Å². The van der Waals surface area contributed by atoms with Crippen LogP contribution >= 0.6 is 11.8 Å². The van der Waals surface area contributed by atoms with Crippen LogP contribution in [-0.4, -0.2) is 20.6 Å². The average Bonchev–Trinajstić information content (AvgIpc) is 2.85. The molecule has 0 aliphatic carbocycles. The number of thioether (sulfide) groups is 1. The Kier molecular flexibility index (Phi) is 3.36. The number of nitrogens with zero attached hydrogens (tertiary/aromatic N) is 3. The zero-order valence-corrected chi connectivity index (χ0v) is 11.7. The van der Waals surface area contributed by atoms with Crippen LogP contribution in [0.3, 0.4) is 0 Å². The van der Waals surface area contributed by atoms with Crippen LogP contribution in [0, 0.1) is 0 Å². The molecular weight excluding hydrogens is 299 g/mol. The van der Waals surface area contributed by atoms with E-state index < -0.39 is 11.7 Å². The first-order valence-corrected chi connectivity index (χ1v) is 7.27. The van der Waals surface area contributed by atoms with Gasteiger partial charge in [0, 0.05) is 24.2 Å². The summed E-state index contributed by atoms with van der Waals surface area (Å²) in [5, 5.41) is 0.683. The molecule has 3 heterocycles. The highest BCUT2D eigenvalue weighted by Crippen LogP contribution is 2.37. The Morgan fingerprint density at radius 3 is 2.71 bits per heavy atom. The molecule has 7 heteroatoms. The summed E-state index contributed by atoms with van der Waals surface area (Å²) in [6, 6.07) is 6.38. The van der Waals surface area contributed by atoms with E-state index in [1.54, 1.807) is 16.7 Å². The molecule has 0 aliphatic rings. The van der Waals surface area contributed by atoms with Gasteiger partial charge in [0.15, 0.2) is 0 Å². The standard InChI is InChI=1S/C14H10F3N3S/c1-21-13-11-4-2-3-7-20(11)12(19-13)9-8-18-6-5-10(9)14(15,16)17/h2-8H,1H3. The highest BCUT2D eigenvalue weighted by molar-refractivity contribution is 7.98. The van der Waals surface area contributed by atoms with Crippen molar-refractivity contribution in [3.05, 3.63) is 48.4 Å². The van der Waals surface area contributed by atoms with Gasteiger partial charge in [-0.3, -0.25) is 9.38 Å². The van der Waals surface area contributed by atoms with E-state index in [1.807, 2.05) is 18.4 Å². The Hall–Kier alpha value is -2.02. The van der Waals surface area contributed by atoms with E-state index in [1.165, 1.54) is 18.0 Å². The molecule has 108 valence electrons. The maximum atomic E-state index is 13.2. The molecule has 3 aromatic rings. The van der Waals surface area contributed by atoms with E-state index in [0.29, 0.717) is 5.03 Å². The minimum absolute atomic E-state index is 0.0218. The molecule has 0 aliphatic heterocycles. The SMILES string of the molecule is CSc1nc(-c2cnccc2C(F)(F)F)n2ccccc12. The first-order chi connectivity index (χ1) is 10.0. The summed E-state index contributed by atoms with van der Waals surface area (Å²) in [4.78, 5) is 8.16. The highest BCUT2D eigenvalue weighted by atomic mass is 32.2. The largest absolute Gasteiger partial charge is 0.417 e. The smallest absolute Gasteiger partial charge is 0.299 e. The number of fused-ring (bicyclic) bond motifs is 1. The van der Waals surface area contributed by atoms with Crippen molar-refractivity contribution in [2.45, 2.75) is 11.2 Å². The minimum atomic E-state index is -4.45. The quantitative estimate of drug-likeness (QED) is 0.667. The van der Waals surface area contributed by atoms with Crippen LogP contribution in [0.25, 0.3) is 16.9 Å². The molecule has 21 heavy (non-hydrogen) atoms. The zero-order chi connectivity index (χ0) is 15.0. The first kappa shape index (κ1) is 13.9. The average molecular weight is 309 g/mol. The molecular formula is C14H10F3N3S. The predicted molar refractivity (Wildman–Crippen MR) is 75.2 cm³/mol. The minimum Gasteiger partial charge on any atom is -0.299 e. The van der Waals surface area contributed by atoms with Gasteiger partial charge in [0.1, 0.15) is 10.9 Å². The molecule has 0 radical (unpaired) electrons. The third-order valence-electron chi connectivity index (χ3n) is 3.08. The summed E-state index contributed by atoms with van der Waals surface area (Å²) in [5.41, 5.74) is 0.0179. The molecule has 3 nitrogen and oxygen atoms in total. The fourth-order valence-electron chi connectivity index (χ4n) is 2.17. The Bertz CT molecular complexity index is 796. The highest BCUT2D eigenvalue weighted by Gasteiger charge is 2.34. The third-order valence-corrected chi connectivity index (χ3v) is 3.76. The molecule has 0 unspecified atom stereocenters. The van der Waals surface area contributed by atoms with Crippen LogP contribution in [0.2, 0.25) is 0 Å². The Labute approximate surface area is 122 Å². The van der Waals surface area contributed by atoms with E-state index in [0.717, 1.165) is 17.8 Å². The van der Waals surface area contributed by atoms with Crippen LogP contribution in [0.1, 0.15) is 5.56 Å². The van der Waals surface area contributed by atoms with E-state index >= 15 is 0 Å². The number of pyridine rings is 2. The molecule has 0 amide bonds. The van der Waals surface area contributed by atoms with Crippen molar-refractivity contribution in [1.82, 2.24) is 14.4 Å². The lowest BCUT2D eigenvalue weighted by atomic mass is 10.1. The van der Waals surface area contributed by atoms with Crippen LogP contribution < -0.4 is 0 Å². The number of imidazole rings is 1. The number of rotatable bonds is 2. The van der Waals surface area contributed by atoms with Crippen molar-refractivity contribution in [3.63, 3.8) is 0 Å². The summed E-state index contributed by atoms with van der Waals surface area (Å²) in [7, 11) is 0. The molecule has 0 spiro atoms. The fraction of sp³-hybridized carbons (Fsp3) is 0.143. The molecule has 0 fully saturated rings. The summed E-state index contributed by atoms with van der Waals surface area (Å²) in [5.74, 6) is 0.246. The van der Waals surface area contributed by atoms with Gasteiger partial charge in [-0.2, -0.15) is 13.2 Å². The lowest BCUT2D eigenvalue weighted by Crippen LogP contribution is -2.08. The van der Waals surface area contributed by atoms with Crippen molar-refractivity contribution in [1.29, 1.82) is 0 Å². The monoisotopic (exact) mass is 309 g/mol. The van der Waals surface area contributed by atoms with Gasteiger partial charge in [0.2, 0.25) is 0 Å². The first-order valence-electron chi connectivity index (χ1n) is 6.05. The molecule has 0 aromatic carbocycles. The Morgan fingerprint density at radius 1 is 1.19 bits per heavy atom. The number of aromatic nitrogens is 3. The van der Waals surface area contributed by atoms with Crippen molar-refractivity contribution in [2.75, 3.05) is 6.26 Å². The van der Waals surface area contributed by atoms with E-state index in [9.17, 15) is 13.2 Å². The number of hydrogen-bond donors (Lipinski definition) is 0. The van der Waals surface area contributed by atoms with Gasteiger partial charge in [-0.25, -0.2) is 4.98 Å². The van der Waals surface area contributed by atoms with Crippen molar-refractivity contribution >= 4 is 17.3 Å². The molecule has 0 saturated heterocycles. The van der Waals surface area contributed by atoms with Crippen LogP contribution in [0.15, 0.2) is 47.9 Å². The molecule has 0 atom stereocenters. The van der Waals surface area contributed by atoms with E-state index in [4.69, 9.17) is 0 Å². The second-order valence-corrected chi connectivity index (χ2v) is 5.11. The van der Waals surface area contributed by atoms with Gasteiger partial charge in [0.25, 0.3) is 0 Å². The second kappa shape index (κ2) is 5.07. The lowest BCUT2D eigenvalue weighted by molar-refractivity contribution is -0.137. The Morgan fingerprint density at radius 2 is 2.00 bits per heavy atom. The maximum absolute atomic E-state index is 13.2. The summed E-state index contributed by atoms with van der Waals surface area (Å²) < 4.78 is 41.1. The van der Waals surface area contributed by atoms with E-state index in [-0.39, 0.29) is 11.4 Å². The number of halogens is 3. The van der Waals surface area contributed by atoms with Gasteiger partial charge in [-0.1, -0.05) is 6.07 Å². The van der Waals surface area contributed by atoms with Crippen LogP contribution in [-0.2, 0) is 6.18 Å². The summed E-state index contributed by atoms with van der Waals surface area (Å²) in [6.07, 6.45) is 1.43. The summed E-state index contributed by atoms with van der Waals surface area (Å²) >= 11 is 1.39. The van der Waals surface area contributed by atoms with Gasteiger partial charge in [-0.05, 0) is 24.5 Å². The molecule has 3 rings (SSSR count). The van der Waals surface area contributed by atoms with Gasteiger partial charge < -0.3 is 0 Å².